The average molecular weight is 289 g/mol. The first-order valence-corrected chi connectivity index (χ1v) is 8.14. The Balaban J connectivity index is 2.23. The van der Waals surface area contributed by atoms with Crippen molar-refractivity contribution in [3.63, 3.8) is 0 Å². The second kappa shape index (κ2) is 7.60. The molecule has 0 saturated heterocycles. The molecule has 21 heavy (non-hydrogen) atoms. The van der Waals surface area contributed by atoms with Gasteiger partial charge in [-0.15, -0.1) is 0 Å². The van der Waals surface area contributed by atoms with Crippen molar-refractivity contribution in [2.45, 2.75) is 52.0 Å². The second-order valence-electron chi connectivity index (χ2n) is 5.87. The van der Waals surface area contributed by atoms with Crippen LogP contribution in [0.3, 0.4) is 0 Å². The van der Waals surface area contributed by atoms with Crippen LogP contribution in [0.2, 0.25) is 0 Å². The molecule has 0 radical (unpaired) electrons. The number of methoxy groups -OCH3 is 1. The van der Waals surface area contributed by atoms with Crippen LogP contribution in [0.5, 0.6) is 0 Å². The molecule has 0 aromatic heterocycles. The summed E-state index contributed by atoms with van der Waals surface area (Å²) in [5.41, 5.74) is 3.28. The number of esters is 1. The van der Waals surface area contributed by atoms with Crippen LogP contribution in [-0.2, 0) is 17.6 Å². The van der Waals surface area contributed by atoms with Gasteiger partial charge in [0, 0.05) is 6.04 Å². The van der Waals surface area contributed by atoms with Gasteiger partial charge in [0.05, 0.1) is 12.7 Å². The lowest BCUT2D eigenvalue weighted by molar-refractivity contribution is 0.0598. The zero-order valence-corrected chi connectivity index (χ0v) is 13.5. The average Bonchev–Trinajstić information content (AvgIpc) is 2.53. The largest absolute Gasteiger partial charge is 0.465 e. The predicted molar refractivity (Wildman–Crippen MR) is 85.7 cm³/mol. The predicted octanol–water partition coefficient (Wildman–Crippen LogP) is 3.45. The minimum atomic E-state index is -0.204. The maximum absolute atomic E-state index is 12.0. The summed E-state index contributed by atoms with van der Waals surface area (Å²) in [6.07, 6.45) is 5.59. The molecule has 0 spiro atoms. The molecule has 1 atom stereocenters. The van der Waals surface area contributed by atoms with E-state index in [9.17, 15) is 4.79 Å². The number of benzene rings is 1. The zero-order valence-electron chi connectivity index (χ0n) is 13.5. The first-order chi connectivity index (χ1) is 10.2. The van der Waals surface area contributed by atoms with Gasteiger partial charge in [-0.25, -0.2) is 4.79 Å². The van der Waals surface area contributed by atoms with E-state index in [4.69, 9.17) is 4.74 Å². The summed E-state index contributed by atoms with van der Waals surface area (Å²) in [6.45, 7) is 6.76. The molecule has 1 aliphatic rings. The van der Waals surface area contributed by atoms with E-state index in [2.05, 4.69) is 24.8 Å². The van der Waals surface area contributed by atoms with E-state index in [1.807, 2.05) is 12.1 Å². The minimum Gasteiger partial charge on any atom is -0.465 e. The van der Waals surface area contributed by atoms with E-state index in [0.717, 1.165) is 31.5 Å². The van der Waals surface area contributed by atoms with Crippen molar-refractivity contribution in [2.75, 3.05) is 20.2 Å². The number of carbonyl (C=O) groups excluding carboxylic acids is 1. The van der Waals surface area contributed by atoms with E-state index in [1.165, 1.54) is 37.5 Å². The van der Waals surface area contributed by atoms with Crippen LogP contribution >= 0.6 is 0 Å². The van der Waals surface area contributed by atoms with Gasteiger partial charge in [-0.05, 0) is 62.4 Å². The van der Waals surface area contributed by atoms with Gasteiger partial charge in [-0.2, -0.15) is 0 Å². The molecule has 0 saturated carbocycles. The summed E-state index contributed by atoms with van der Waals surface area (Å²) >= 11 is 0. The third-order valence-corrected chi connectivity index (χ3v) is 4.40. The van der Waals surface area contributed by atoms with Crippen LogP contribution in [0.25, 0.3) is 0 Å². The molecule has 116 valence electrons. The SMILES string of the molecule is CCCN(CCC)[C@H]1CCc2cccc(C(=O)OC)c2C1. The smallest absolute Gasteiger partial charge is 0.338 e. The maximum Gasteiger partial charge on any atom is 0.338 e. The van der Waals surface area contributed by atoms with Gasteiger partial charge in [0.2, 0.25) is 0 Å². The number of ether oxygens (including phenoxy) is 1. The summed E-state index contributed by atoms with van der Waals surface area (Å²) in [4.78, 5) is 14.6. The summed E-state index contributed by atoms with van der Waals surface area (Å²) in [5.74, 6) is -0.204. The van der Waals surface area contributed by atoms with Gasteiger partial charge in [0.15, 0.2) is 0 Å². The number of hydrogen-bond donors (Lipinski definition) is 0. The monoisotopic (exact) mass is 289 g/mol. The molecule has 0 unspecified atom stereocenters. The standard InChI is InChI=1S/C18H27NO2/c1-4-11-19(12-5-2)15-10-9-14-7-6-8-16(17(14)13-15)18(20)21-3/h6-8,15H,4-5,9-13H2,1-3H3/t15-/m0/s1. The van der Waals surface area contributed by atoms with Crippen LogP contribution in [-0.4, -0.2) is 37.1 Å². The van der Waals surface area contributed by atoms with E-state index in [-0.39, 0.29) is 5.97 Å². The van der Waals surface area contributed by atoms with Crippen molar-refractivity contribution >= 4 is 5.97 Å². The molecule has 0 aliphatic heterocycles. The molecule has 0 heterocycles. The molecule has 0 N–H and O–H groups in total. The van der Waals surface area contributed by atoms with Gasteiger partial charge >= 0.3 is 5.97 Å². The number of carbonyl (C=O) groups is 1. The number of nitrogens with zero attached hydrogens (tertiary/aromatic N) is 1. The van der Waals surface area contributed by atoms with Gasteiger partial charge < -0.3 is 9.64 Å². The molecule has 1 aromatic rings. The van der Waals surface area contributed by atoms with Crippen molar-refractivity contribution < 1.29 is 9.53 Å². The first kappa shape index (κ1) is 16.0. The zero-order chi connectivity index (χ0) is 15.2. The number of fused-ring (bicyclic) bond motifs is 1. The highest BCUT2D eigenvalue weighted by Gasteiger charge is 2.26. The Hall–Kier alpha value is -1.35. The summed E-state index contributed by atoms with van der Waals surface area (Å²) < 4.78 is 4.94. The van der Waals surface area contributed by atoms with Crippen molar-refractivity contribution in [3.05, 3.63) is 34.9 Å². The highest BCUT2D eigenvalue weighted by molar-refractivity contribution is 5.91. The topological polar surface area (TPSA) is 29.5 Å². The van der Waals surface area contributed by atoms with Crippen molar-refractivity contribution in [1.29, 1.82) is 0 Å². The highest BCUT2D eigenvalue weighted by Crippen LogP contribution is 2.28. The lowest BCUT2D eigenvalue weighted by Gasteiger charge is -2.35. The Morgan fingerprint density at radius 1 is 1.29 bits per heavy atom. The van der Waals surface area contributed by atoms with Crippen molar-refractivity contribution in [2.24, 2.45) is 0 Å². The second-order valence-corrected chi connectivity index (χ2v) is 5.87. The number of rotatable bonds is 6. The van der Waals surface area contributed by atoms with Gasteiger partial charge in [0.25, 0.3) is 0 Å². The molecular formula is C18H27NO2. The van der Waals surface area contributed by atoms with E-state index >= 15 is 0 Å². The van der Waals surface area contributed by atoms with Crippen LogP contribution in [0, 0.1) is 0 Å². The van der Waals surface area contributed by atoms with E-state index in [0.29, 0.717) is 6.04 Å². The molecule has 3 nitrogen and oxygen atoms in total. The van der Waals surface area contributed by atoms with Gasteiger partial charge in [-0.3, -0.25) is 0 Å². The fourth-order valence-corrected chi connectivity index (χ4v) is 3.43. The third-order valence-electron chi connectivity index (χ3n) is 4.40. The van der Waals surface area contributed by atoms with Crippen LogP contribution in [0.4, 0.5) is 0 Å². The van der Waals surface area contributed by atoms with Crippen LogP contribution in [0.15, 0.2) is 18.2 Å². The molecule has 1 aromatic carbocycles. The molecule has 0 bridgehead atoms. The maximum atomic E-state index is 12.0. The molecule has 3 heteroatoms. The third kappa shape index (κ3) is 3.65. The summed E-state index contributed by atoms with van der Waals surface area (Å²) in [6, 6.07) is 6.59. The normalized spacial score (nSPS) is 17.6. The minimum absolute atomic E-state index is 0.204. The lowest BCUT2D eigenvalue weighted by Crippen LogP contribution is -2.40. The summed E-state index contributed by atoms with van der Waals surface area (Å²) in [7, 11) is 1.46. The van der Waals surface area contributed by atoms with Crippen molar-refractivity contribution in [3.8, 4) is 0 Å². The van der Waals surface area contributed by atoms with E-state index in [1.54, 1.807) is 0 Å². The lowest BCUT2D eigenvalue weighted by atomic mass is 9.84. The molecular weight excluding hydrogens is 262 g/mol. The number of aryl methyl sites for hydroxylation is 1. The fraction of sp³-hybridized carbons (Fsp3) is 0.611. The fourth-order valence-electron chi connectivity index (χ4n) is 3.43. The van der Waals surface area contributed by atoms with Crippen molar-refractivity contribution in [1.82, 2.24) is 4.90 Å². The first-order valence-electron chi connectivity index (χ1n) is 8.14. The summed E-state index contributed by atoms with van der Waals surface area (Å²) in [5, 5.41) is 0. The Bertz CT molecular complexity index is 478. The quantitative estimate of drug-likeness (QED) is 0.751. The molecule has 0 fully saturated rings. The molecule has 1 aliphatic carbocycles. The van der Waals surface area contributed by atoms with Crippen LogP contribution < -0.4 is 0 Å². The Kier molecular flexibility index (Phi) is 5.80. The van der Waals surface area contributed by atoms with Gasteiger partial charge in [0.1, 0.15) is 0 Å². The van der Waals surface area contributed by atoms with E-state index < -0.39 is 0 Å². The molecule has 0 amide bonds. The Labute approximate surface area is 128 Å². The molecule has 2 rings (SSSR count). The Morgan fingerprint density at radius 3 is 2.62 bits per heavy atom. The van der Waals surface area contributed by atoms with Gasteiger partial charge in [-0.1, -0.05) is 26.0 Å². The number of hydrogen-bond acceptors (Lipinski definition) is 3. The highest BCUT2D eigenvalue weighted by atomic mass is 16.5. The Morgan fingerprint density at radius 2 is 2.00 bits per heavy atom. The van der Waals surface area contributed by atoms with Crippen LogP contribution in [0.1, 0.15) is 54.6 Å².